The molecule has 1 aliphatic rings. The number of benzene rings is 1. The van der Waals surface area contributed by atoms with Gasteiger partial charge >= 0.3 is 0 Å². The monoisotopic (exact) mass is 323 g/mol. The van der Waals surface area contributed by atoms with Crippen LogP contribution in [0.5, 0.6) is 5.88 Å². The average molecular weight is 323 g/mol. The second kappa shape index (κ2) is 7.47. The van der Waals surface area contributed by atoms with E-state index in [1.165, 1.54) is 11.1 Å². The lowest BCUT2D eigenvalue weighted by Gasteiger charge is -2.25. The van der Waals surface area contributed by atoms with Crippen LogP contribution in [0.15, 0.2) is 41.4 Å². The Morgan fingerprint density at radius 1 is 1.25 bits per heavy atom. The Hall–Kier alpha value is -2.36. The number of aliphatic imine (C=N–C) groups is 1. The zero-order chi connectivity index (χ0) is 16.9. The summed E-state index contributed by atoms with van der Waals surface area (Å²) in [6, 6.07) is 12.5. The minimum atomic E-state index is 0.201. The average Bonchev–Trinajstić information content (AvgIpc) is 2.60. The number of hydrogen-bond donors (Lipinski definition) is 0. The molecule has 126 valence electrons. The molecule has 0 saturated carbocycles. The maximum absolute atomic E-state index is 6.12. The smallest absolute Gasteiger partial charge is 0.213 e. The lowest BCUT2D eigenvalue weighted by atomic mass is 9.90. The van der Waals surface area contributed by atoms with Crippen molar-refractivity contribution < 1.29 is 4.74 Å². The van der Waals surface area contributed by atoms with Gasteiger partial charge in [0.25, 0.3) is 0 Å². The molecule has 24 heavy (non-hydrogen) atoms. The van der Waals surface area contributed by atoms with E-state index in [2.05, 4.69) is 41.2 Å². The lowest BCUT2D eigenvalue weighted by molar-refractivity contribution is 0.177. The van der Waals surface area contributed by atoms with Crippen LogP contribution >= 0.6 is 0 Å². The molecule has 1 atom stereocenters. The van der Waals surface area contributed by atoms with Crippen molar-refractivity contribution in [3.63, 3.8) is 0 Å². The number of pyridine rings is 1. The third-order valence-corrected chi connectivity index (χ3v) is 4.51. The van der Waals surface area contributed by atoms with E-state index in [9.17, 15) is 0 Å². The van der Waals surface area contributed by atoms with E-state index in [-0.39, 0.29) is 6.10 Å². The van der Waals surface area contributed by atoms with E-state index >= 15 is 0 Å². The van der Waals surface area contributed by atoms with E-state index < -0.39 is 0 Å². The molecule has 2 aromatic rings. The van der Waals surface area contributed by atoms with Gasteiger partial charge in [0.15, 0.2) is 0 Å². The van der Waals surface area contributed by atoms with E-state index in [1.807, 2.05) is 37.3 Å². The predicted molar refractivity (Wildman–Crippen MR) is 98.3 cm³/mol. The number of fused-ring (bicyclic) bond motifs is 1. The Kier molecular flexibility index (Phi) is 5.14. The second-order valence-corrected chi connectivity index (χ2v) is 6.32. The Balaban J connectivity index is 1.66. The van der Waals surface area contributed by atoms with E-state index in [0.717, 1.165) is 37.2 Å². The van der Waals surface area contributed by atoms with Crippen LogP contribution in [0.1, 0.15) is 30.2 Å². The Morgan fingerprint density at radius 2 is 2.04 bits per heavy atom. The van der Waals surface area contributed by atoms with Gasteiger partial charge in [0.05, 0.1) is 17.7 Å². The van der Waals surface area contributed by atoms with Crippen LogP contribution in [0.2, 0.25) is 0 Å². The minimum absolute atomic E-state index is 0.201. The van der Waals surface area contributed by atoms with Gasteiger partial charge in [-0.15, -0.1) is 0 Å². The van der Waals surface area contributed by atoms with Crippen LogP contribution in [-0.4, -0.2) is 35.9 Å². The largest absolute Gasteiger partial charge is 0.474 e. The van der Waals surface area contributed by atoms with Gasteiger partial charge < -0.3 is 9.64 Å². The summed E-state index contributed by atoms with van der Waals surface area (Å²) in [5, 5.41) is 0. The lowest BCUT2D eigenvalue weighted by Crippen LogP contribution is -2.25. The van der Waals surface area contributed by atoms with E-state index in [1.54, 1.807) is 0 Å². The number of ether oxygens (including phenoxy) is 1. The highest BCUT2D eigenvalue weighted by Gasteiger charge is 2.20. The highest BCUT2D eigenvalue weighted by atomic mass is 16.5. The molecule has 0 spiro atoms. The summed E-state index contributed by atoms with van der Waals surface area (Å²) in [6.45, 7) is 5.00. The number of nitrogens with zero attached hydrogens (tertiary/aromatic N) is 3. The van der Waals surface area contributed by atoms with Crippen molar-refractivity contribution in [3.8, 4) is 5.88 Å². The zero-order valence-corrected chi connectivity index (χ0v) is 14.7. The summed E-state index contributed by atoms with van der Waals surface area (Å²) in [4.78, 5) is 11.1. The summed E-state index contributed by atoms with van der Waals surface area (Å²) in [7, 11) is 2.00. The topological polar surface area (TPSA) is 37.7 Å². The standard InChI is InChI=1S/C20H25N3O/c1-4-23(3)14-21-19-11-12-20(22-15(19)2)24-18-10-9-16-7-5-6-8-17(16)13-18/h5-8,11-12,14,18H,4,9-10,13H2,1-3H3. The molecule has 0 N–H and O–H groups in total. The Labute approximate surface area is 144 Å². The summed E-state index contributed by atoms with van der Waals surface area (Å²) in [5.74, 6) is 0.694. The summed E-state index contributed by atoms with van der Waals surface area (Å²) >= 11 is 0. The van der Waals surface area contributed by atoms with Crippen LogP contribution in [0, 0.1) is 6.92 Å². The molecule has 0 bridgehead atoms. The van der Waals surface area contributed by atoms with Gasteiger partial charge in [-0.1, -0.05) is 24.3 Å². The molecule has 0 fully saturated rings. The Bertz CT molecular complexity index is 727. The molecule has 4 heteroatoms. The summed E-state index contributed by atoms with van der Waals surface area (Å²) in [6.07, 6.45) is 5.11. The van der Waals surface area contributed by atoms with Crippen LogP contribution in [0.3, 0.4) is 0 Å². The Morgan fingerprint density at radius 3 is 2.79 bits per heavy atom. The molecular weight excluding hydrogens is 298 g/mol. The van der Waals surface area contributed by atoms with Crippen LogP contribution < -0.4 is 4.74 Å². The van der Waals surface area contributed by atoms with Crippen molar-refractivity contribution in [2.24, 2.45) is 4.99 Å². The molecule has 1 aliphatic carbocycles. The quantitative estimate of drug-likeness (QED) is 0.618. The number of aryl methyl sites for hydroxylation is 2. The molecule has 1 unspecified atom stereocenters. The van der Waals surface area contributed by atoms with E-state index in [0.29, 0.717) is 5.88 Å². The third-order valence-electron chi connectivity index (χ3n) is 4.51. The van der Waals surface area contributed by atoms with Gasteiger partial charge in [0.1, 0.15) is 6.10 Å². The van der Waals surface area contributed by atoms with Crippen LogP contribution in [0.4, 0.5) is 5.69 Å². The van der Waals surface area contributed by atoms with Crippen LogP contribution in [-0.2, 0) is 12.8 Å². The first-order valence-electron chi connectivity index (χ1n) is 8.61. The van der Waals surface area contributed by atoms with Gasteiger partial charge in [-0.2, -0.15) is 0 Å². The summed E-state index contributed by atoms with van der Waals surface area (Å²) in [5.41, 5.74) is 4.63. The molecule has 0 saturated heterocycles. The van der Waals surface area contributed by atoms with Gasteiger partial charge in [0.2, 0.25) is 5.88 Å². The van der Waals surface area contributed by atoms with Crippen molar-refractivity contribution in [1.82, 2.24) is 9.88 Å². The fraction of sp³-hybridized carbons (Fsp3) is 0.400. The number of rotatable bonds is 5. The van der Waals surface area contributed by atoms with Crippen molar-refractivity contribution >= 4 is 12.0 Å². The molecular formula is C20H25N3O. The molecule has 1 heterocycles. The zero-order valence-electron chi connectivity index (χ0n) is 14.7. The molecule has 1 aromatic carbocycles. The second-order valence-electron chi connectivity index (χ2n) is 6.32. The maximum atomic E-state index is 6.12. The first kappa shape index (κ1) is 16.5. The van der Waals surface area contributed by atoms with Crippen molar-refractivity contribution in [3.05, 3.63) is 53.2 Å². The molecule has 4 nitrogen and oxygen atoms in total. The summed E-state index contributed by atoms with van der Waals surface area (Å²) < 4.78 is 6.12. The van der Waals surface area contributed by atoms with Crippen molar-refractivity contribution in [2.75, 3.05) is 13.6 Å². The van der Waals surface area contributed by atoms with E-state index in [4.69, 9.17) is 4.74 Å². The molecule has 0 aliphatic heterocycles. The first-order chi connectivity index (χ1) is 11.7. The van der Waals surface area contributed by atoms with Gasteiger partial charge in [-0.05, 0) is 43.9 Å². The molecule has 1 aromatic heterocycles. The molecule has 3 rings (SSSR count). The number of hydrogen-bond acceptors (Lipinski definition) is 3. The van der Waals surface area contributed by atoms with Crippen LogP contribution in [0.25, 0.3) is 0 Å². The third kappa shape index (κ3) is 3.94. The normalized spacial score (nSPS) is 16.9. The van der Waals surface area contributed by atoms with Gasteiger partial charge in [-0.25, -0.2) is 9.98 Å². The molecule has 0 radical (unpaired) electrons. The SMILES string of the molecule is CCN(C)C=Nc1ccc(OC2CCc3ccccc3C2)nc1C. The van der Waals surface area contributed by atoms with Crippen molar-refractivity contribution in [1.29, 1.82) is 0 Å². The number of aromatic nitrogens is 1. The maximum Gasteiger partial charge on any atom is 0.213 e. The highest BCUT2D eigenvalue weighted by Crippen LogP contribution is 2.26. The fourth-order valence-electron chi connectivity index (χ4n) is 2.91. The van der Waals surface area contributed by atoms with Crippen molar-refractivity contribution in [2.45, 2.75) is 39.2 Å². The fourth-order valence-corrected chi connectivity index (χ4v) is 2.91. The first-order valence-corrected chi connectivity index (χ1v) is 8.61. The predicted octanol–water partition coefficient (Wildman–Crippen LogP) is 3.94. The minimum Gasteiger partial charge on any atom is -0.474 e. The van der Waals surface area contributed by atoms with Gasteiger partial charge in [-0.3, -0.25) is 0 Å². The molecule has 0 amide bonds. The van der Waals surface area contributed by atoms with Gasteiger partial charge in [0, 0.05) is 26.1 Å². The highest BCUT2D eigenvalue weighted by molar-refractivity contribution is 5.62.